The van der Waals surface area contributed by atoms with Crippen molar-refractivity contribution in [2.75, 3.05) is 6.61 Å². The van der Waals surface area contributed by atoms with Crippen LogP contribution in [0.4, 0.5) is 0 Å². The van der Waals surface area contributed by atoms with E-state index in [9.17, 15) is 0 Å². The zero-order valence-electron chi connectivity index (χ0n) is 9.09. The highest BCUT2D eigenvalue weighted by Crippen LogP contribution is 2.38. The summed E-state index contributed by atoms with van der Waals surface area (Å²) in [5.41, 5.74) is 2.99. The number of hydrogen-bond donors (Lipinski definition) is 2. The normalized spacial score (nSPS) is 36.4. The van der Waals surface area contributed by atoms with Crippen LogP contribution in [0.25, 0.3) is 0 Å². The molecule has 0 radical (unpaired) electrons. The lowest BCUT2D eigenvalue weighted by atomic mass is 9.83. The summed E-state index contributed by atoms with van der Waals surface area (Å²) < 4.78 is 5.86. The molecule has 2 aliphatic rings. The summed E-state index contributed by atoms with van der Waals surface area (Å²) in [6, 6.07) is 0.354. The van der Waals surface area contributed by atoms with Gasteiger partial charge in [-0.1, -0.05) is 12.8 Å². The third kappa shape index (κ3) is 1.81. The molecular weight excluding hydrogens is 176 g/mol. The molecule has 2 atom stereocenters. The van der Waals surface area contributed by atoms with Crippen LogP contribution >= 0.6 is 0 Å². The van der Waals surface area contributed by atoms with Gasteiger partial charge >= 0.3 is 0 Å². The molecule has 3 heteroatoms. The molecule has 1 saturated heterocycles. The Kier molecular flexibility index (Phi) is 3.10. The van der Waals surface area contributed by atoms with Crippen molar-refractivity contribution in [3.63, 3.8) is 0 Å². The Morgan fingerprint density at radius 3 is 2.57 bits per heavy atom. The molecule has 14 heavy (non-hydrogen) atoms. The molecule has 3 N–H and O–H groups in total. The molecule has 1 aliphatic carbocycles. The third-order valence-corrected chi connectivity index (χ3v) is 3.96. The number of hydrogen-bond acceptors (Lipinski definition) is 3. The molecule has 2 unspecified atom stereocenters. The summed E-state index contributed by atoms with van der Waals surface area (Å²) in [6.45, 7) is 3.12. The molecule has 3 nitrogen and oxygen atoms in total. The van der Waals surface area contributed by atoms with E-state index in [-0.39, 0.29) is 5.60 Å². The summed E-state index contributed by atoms with van der Waals surface area (Å²) in [4.78, 5) is 0. The highest BCUT2D eigenvalue weighted by molar-refractivity contribution is 4.96. The van der Waals surface area contributed by atoms with Crippen molar-refractivity contribution < 1.29 is 4.74 Å². The number of nitrogens with one attached hydrogen (secondary N) is 1. The van der Waals surface area contributed by atoms with Gasteiger partial charge in [-0.25, -0.2) is 0 Å². The van der Waals surface area contributed by atoms with E-state index < -0.39 is 0 Å². The fourth-order valence-electron chi connectivity index (χ4n) is 3.15. The summed E-state index contributed by atoms with van der Waals surface area (Å²) in [5, 5.41) is 0. The van der Waals surface area contributed by atoms with E-state index in [1.807, 2.05) is 0 Å². The predicted molar refractivity (Wildman–Crippen MR) is 56.7 cm³/mol. The lowest BCUT2D eigenvalue weighted by Crippen LogP contribution is -2.54. The molecule has 0 aromatic rings. The van der Waals surface area contributed by atoms with Gasteiger partial charge in [-0.05, 0) is 38.5 Å². The smallest absolute Gasteiger partial charge is 0.0823 e. The van der Waals surface area contributed by atoms with Gasteiger partial charge in [0, 0.05) is 6.61 Å². The molecule has 2 rings (SSSR count). The Hall–Kier alpha value is -0.120. The number of ether oxygens (including phenoxy) is 1. The number of rotatable bonds is 3. The van der Waals surface area contributed by atoms with Crippen LogP contribution in [-0.2, 0) is 4.74 Å². The van der Waals surface area contributed by atoms with Crippen molar-refractivity contribution in [1.29, 1.82) is 0 Å². The Morgan fingerprint density at radius 1 is 1.36 bits per heavy atom. The molecule has 1 aliphatic heterocycles. The van der Waals surface area contributed by atoms with E-state index in [0.29, 0.717) is 6.04 Å². The van der Waals surface area contributed by atoms with Crippen LogP contribution in [0.1, 0.15) is 45.4 Å². The summed E-state index contributed by atoms with van der Waals surface area (Å²) in [6.07, 6.45) is 7.68. The number of hydrazine groups is 1. The Morgan fingerprint density at radius 2 is 2.07 bits per heavy atom. The van der Waals surface area contributed by atoms with E-state index in [0.717, 1.165) is 18.9 Å². The largest absolute Gasteiger partial charge is 0.374 e. The minimum Gasteiger partial charge on any atom is -0.374 e. The minimum absolute atomic E-state index is 0.0102. The molecule has 0 spiro atoms. The Balaban J connectivity index is 2.03. The van der Waals surface area contributed by atoms with Crippen LogP contribution in [-0.4, -0.2) is 18.2 Å². The van der Waals surface area contributed by atoms with Gasteiger partial charge in [0.1, 0.15) is 0 Å². The monoisotopic (exact) mass is 198 g/mol. The Bertz CT molecular complexity index is 184. The maximum Gasteiger partial charge on any atom is 0.0823 e. The lowest BCUT2D eigenvalue weighted by Gasteiger charge is -2.36. The maximum absolute atomic E-state index is 5.86. The van der Waals surface area contributed by atoms with E-state index in [1.54, 1.807) is 0 Å². The molecular formula is C11H22N2O. The fourth-order valence-corrected chi connectivity index (χ4v) is 3.15. The fraction of sp³-hybridized carbons (Fsp3) is 1.00. The SMILES string of the molecule is CC1(C(NN)C2CCCC2)CCCO1. The van der Waals surface area contributed by atoms with Crippen LogP contribution in [0.5, 0.6) is 0 Å². The average Bonchev–Trinajstić information content (AvgIpc) is 2.78. The third-order valence-electron chi connectivity index (χ3n) is 3.96. The van der Waals surface area contributed by atoms with Gasteiger partial charge in [-0.3, -0.25) is 11.3 Å². The van der Waals surface area contributed by atoms with Crippen molar-refractivity contribution >= 4 is 0 Å². The van der Waals surface area contributed by atoms with Crippen molar-refractivity contribution in [2.45, 2.75) is 57.1 Å². The first-order valence-corrected chi connectivity index (χ1v) is 5.86. The van der Waals surface area contributed by atoms with Crippen molar-refractivity contribution in [3.8, 4) is 0 Å². The van der Waals surface area contributed by atoms with Gasteiger partial charge in [-0.2, -0.15) is 0 Å². The second-order valence-corrected chi connectivity index (χ2v) is 4.95. The van der Waals surface area contributed by atoms with Crippen molar-refractivity contribution in [1.82, 2.24) is 5.43 Å². The van der Waals surface area contributed by atoms with Gasteiger partial charge in [0.2, 0.25) is 0 Å². The second kappa shape index (κ2) is 4.17. The van der Waals surface area contributed by atoms with Gasteiger partial charge < -0.3 is 4.74 Å². The van der Waals surface area contributed by atoms with Gasteiger partial charge in [-0.15, -0.1) is 0 Å². The van der Waals surface area contributed by atoms with E-state index >= 15 is 0 Å². The molecule has 0 amide bonds. The van der Waals surface area contributed by atoms with E-state index in [4.69, 9.17) is 10.6 Å². The minimum atomic E-state index is -0.0102. The van der Waals surface area contributed by atoms with Crippen LogP contribution < -0.4 is 11.3 Å². The zero-order chi connectivity index (χ0) is 10.0. The topological polar surface area (TPSA) is 47.3 Å². The quantitative estimate of drug-likeness (QED) is 0.534. The van der Waals surface area contributed by atoms with Gasteiger partial charge in [0.25, 0.3) is 0 Å². The molecule has 0 aromatic heterocycles. The highest BCUT2D eigenvalue weighted by atomic mass is 16.5. The second-order valence-electron chi connectivity index (χ2n) is 4.95. The molecule has 2 fully saturated rings. The van der Waals surface area contributed by atoms with Crippen LogP contribution in [0.15, 0.2) is 0 Å². The molecule has 0 aromatic carbocycles. The summed E-state index contributed by atoms with van der Waals surface area (Å²) in [7, 11) is 0. The first-order chi connectivity index (χ1) is 6.76. The van der Waals surface area contributed by atoms with E-state index in [2.05, 4.69) is 12.3 Å². The standard InChI is InChI=1S/C11H22N2O/c1-11(7-4-8-14-11)10(13-12)9-5-2-3-6-9/h9-10,13H,2-8,12H2,1H3. The van der Waals surface area contributed by atoms with Crippen LogP contribution in [0.3, 0.4) is 0 Å². The van der Waals surface area contributed by atoms with E-state index in [1.165, 1.54) is 32.1 Å². The summed E-state index contributed by atoms with van der Waals surface area (Å²) in [5.74, 6) is 6.41. The van der Waals surface area contributed by atoms with Gasteiger partial charge in [0.05, 0.1) is 11.6 Å². The first-order valence-electron chi connectivity index (χ1n) is 5.86. The van der Waals surface area contributed by atoms with Crippen molar-refractivity contribution in [3.05, 3.63) is 0 Å². The number of nitrogens with two attached hydrogens (primary N) is 1. The maximum atomic E-state index is 5.86. The van der Waals surface area contributed by atoms with Gasteiger partial charge in [0.15, 0.2) is 0 Å². The summed E-state index contributed by atoms with van der Waals surface area (Å²) >= 11 is 0. The van der Waals surface area contributed by atoms with Crippen LogP contribution in [0, 0.1) is 5.92 Å². The Labute approximate surface area is 86.4 Å². The lowest BCUT2D eigenvalue weighted by molar-refractivity contribution is -0.0281. The molecule has 0 bridgehead atoms. The molecule has 1 saturated carbocycles. The molecule has 1 heterocycles. The zero-order valence-corrected chi connectivity index (χ0v) is 9.09. The highest BCUT2D eigenvalue weighted by Gasteiger charge is 2.42. The first kappa shape index (κ1) is 10.4. The van der Waals surface area contributed by atoms with Crippen molar-refractivity contribution in [2.24, 2.45) is 11.8 Å². The average molecular weight is 198 g/mol. The molecule has 82 valence electrons. The van der Waals surface area contributed by atoms with Crippen LogP contribution in [0.2, 0.25) is 0 Å². The predicted octanol–water partition coefficient (Wildman–Crippen LogP) is 1.58.